The number of aromatic nitrogens is 2. The fourth-order valence-electron chi connectivity index (χ4n) is 3.74. The molecule has 3 heterocycles. The number of amides is 1. The van der Waals surface area contributed by atoms with E-state index in [0.29, 0.717) is 13.2 Å². The number of carbonyl (C=O) groups is 1. The van der Waals surface area contributed by atoms with Gasteiger partial charge in [-0.25, -0.2) is 9.97 Å². The second-order valence-electron chi connectivity index (χ2n) is 6.92. The Morgan fingerprint density at radius 2 is 1.81 bits per heavy atom. The van der Waals surface area contributed by atoms with Crippen LogP contribution in [0.4, 0.5) is 11.6 Å². The minimum atomic E-state index is -0.0158. The molecule has 4 rings (SSSR count). The number of rotatable bonds is 4. The number of ether oxygens (including phenoxy) is 1. The average Bonchev–Trinajstić information content (AvgIpc) is 2.75. The smallest absolute Gasteiger partial charge is 0.253 e. The van der Waals surface area contributed by atoms with Gasteiger partial charge in [-0.15, -0.1) is 0 Å². The lowest BCUT2D eigenvalue weighted by atomic mass is 10.0. The Balaban J connectivity index is 1.44. The molecule has 7 heteroatoms. The molecule has 27 heavy (non-hydrogen) atoms. The molecule has 0 radical (unpaired) electrons. The number of hydrogen-bond donors (Lipinski definition) is 1. The SMILES string of the molecule is O=C(N[C@H]1CCCN(c2ncccn2)C1)c1ccccc1N1CCOCC1. The maximum atomic E-state index is 13.0. The zero-order chi connectivity index (χ0) is 18.5. The predicted octanol–water partition coefficient (Wildman–Crippen LogP) is 1.71. The summed E-state index contributed by atoms with van der Waals surface area (Å²) >= 11 is 0. The molecule has 0 saturated carbocycles. The first-order valence-corrected chi connectivity index (χ1v) is 9.56. The van der Waals surface area contributed by atoms with Gasteiger partial charge in [-0.1, -0.05) is 12.1 Å². The summed E-state index contributed by atoms with van der Waals surface area (Å²) in [7, 11) is 0. The van der Waals surface area contributed by atoms with E-state index >= 15 is 0 Å². The Morgan fingerprint density at radius 1 is 1.04 bits per heavy atom. The molecule has 1 atom stereocenters. The van der Waals surface area contributed by atoms with Gasteiger partial charge >= 0.3 is 0 Å². The Morgan fingerprint density at radius 3 is 2.63 bits per heavy atom. The molecule has 0 unspecified atom stereocenters. The summed E-state index contributed by atoms with van der Waals surface area (Å²) in [6.07, 6.45) is 5.48. The van der Waals surface area contributed by atoms with E-state index in [4.69, 9.17) is 4.74 Å². The van der Waals surface area contributed by atoms with E-state index in [1.165, 1.54) is 0 Å². The maximum Gasteiger partial charge on any atom is 0.253 e. The normalized spacial score (nSPS) is 20.4. The number of para-hydroxylation sites is 1. The molecular weight excluding hydrogens is 342 g/mol. The van der Waals surface area contributed by atoms with Gasteiger partial charge in [0.25, 0.3) is 5.91 Å². The van der Waals surface area contributed by atoms with Gasteiger partial charge in [-0.2, -0.15) is 0 Å². The van der Waals surface area contributed by atoms with E-state index < -0.39 is 0 Å². The molecule has 2 saturated heterocycles. The number of piperidine rings is 1. The van der Waals surface area contributed by atoms with Crippen LogP contribution < -0.4 is 15.1 Å². The number of anilines is 2. The van der Waals surface area contributed by atoms with Gasteiger partial charge in [0.1, 0.15) is 0 Å². The van der Waals surface area contributed by atoms with Crippen LogP contribution in [-0.2, 0) is 4.74 Å². The molecular formula is C20H25N5O2. The molecule has 0 spiro atoms. The number of morpholine rings is 1. The molecule has 1 amide bonds. The van der Waals surface area contributed by atoms with Crippen molar-refractivity contribution in [3.63, 3.8) is 0 Å². The predicted molar refractivity (Wildman–Crippen MR) is 104 cm³/mol. The third kappa shape index (κ3) is 4.19. The highest BCUT2D eigenvalue weighted by Gasteiger charge is 2.25. The van der Waals surface area contributed by atoms with Gasteiger partial charge in [0.2, 0.25) is 5.95 Å². The van der Waals surface area contributed by atoms with Crippen molar-refractivity contribution < 1.29 is 9.53 Å². The largest absolute Gasteiger partial charge is 0.378 e. The molecule has 2 aromatic rings. The van der Waals surface area contributed by atoms with Crippen LogP contribution in [0.15, 0.2) is 42.7 Å². The van der Waals surface area contributed by atoms with E-state index in [-0.39, 0.29) is 11.9 Å². The molecule has 1 aromatic heterocycles. The molecule has 1 N–H and O–H groups in total. The molecule has 7 nitrogen and oxygen atoms in total. The van der Waals surface area contributed by atoms with Crippen molar-refractivity contribution in [2.24, 2.45) is 0 Å². The highest BCUT2D eigenvalue weighted by Crippen LogP contribution is 2.22. The van der Waals surface area contributed by atoms with Crippen LogP contribution in [0.1, 0.15) is 23.2 Å². The van der Waals surface area contributed by atoms with Gasteiger partial charge in [0, 0.05) is 50.3 Å². The number of nitrogens with one attached hydrogen (secondary N) is 1. The van der Waals surface area contributed by atoms with Gasteiger partial charge in [0.15, 0.2) is 0 Å². The lowest BCUT2D eigenvalue weighted by Gasteiger charge is -2.34. The van der Waals surface area contributed by atoms with E-state index in [0.717, 1.165) is 56.2 Å². The first-order valence-electron chi connectivity index (χ1n) is 9.56. The second-order valence-corrected chi connectivity index (χ2v) is 6.92. The van der Waals surface area contributed by atoms with Gasteiger partial charge in [-0.3, -0.25) is 4.79 Å². The molecule has 2 aliphatic heterocycles. The third-order valence-electron chi connectivity index (χ3n) is 5.09. The van der Waals surface area contributed by atoms with E-state index in [2.05, 4.69) is 25.1 Å². The maximum absolute atomic E-state index is 13.0. The Bertz CT molecular complexity index is 764. The van der Waals surface area contributed by atoms with Crippen LogP contribution >= 0.6 is 0 Å². The average molecular weight is 367 g/mol. The molecule has 0 bridgehead atoms. The minimum absolute atomic E-state index is 0.0158. The van der Waals surface area contributed by atoms with E-state index in [1.54, 1.807) is 12.4 Å². The summed E-state index contributed by atoms with van der Waals surface area (Å²) < 4.78 is 5.44. The number of hydrogen-bond acceptors (Lipinski definition) is 6. The second kappa shape index (κ2) is 8.35. The fraction of sp³-hybridized carbons (Fsp3) is 0.450. The quantitative estimate of drug-likeness (QED) is 0.887. The van der Waals surface area contributed by atoms with Gasteiger partial charge in [-0.05, 0) is 31.0 Å². The summed E-state index contributed by atoms with van der Waals surface area (Å²) in [5.74, 6) is 0.711. The fourth-order valence-corrected chi connectivity index (χ4v) is 3.74. The summed E-state index contributed by atoms with van der Waals surface area (Å²) in [4.78, 5) is 26.0. The Labute approximate surface area is 159 Å². The summed E-state index contributed by atoms with van der Waals surface area (Å²) in [5, 5.41) is 3.22. The van der Waals surface area contributed by atoms with Gasteiger partial charge < -0.3 is 19.9 Å². The van der Waals surface area contributed by atoms with Crippen LogP contribution in [0.3, 0.4) is 0 Å². The highest BCUT2D eigenvalue weighted by atomic mass is 16.5. The van der Waals surface area contributed by atoms with Crippen LogP contribution in [0.5, 0.6) is 0 Å². The molecule has 142 valence electrons. The Hall–Kier alpha value is -2.67. The van der Waals surface area contributed by atoms with E-state index in [9.17, 15) is 4.79 Å². The minimum Gasteiger partial charge on any atom is -0.378 e. The van der Waals surface area contributed by atoms with Crippen molar-refractivity contribution in [1.29, 1.82) is 0 Å². The third-order valence-corrected chi connectivity index (χ3v) is 5.09. The highest BCUT2D eigenvalue weighted by molar-refractivity contribution is 6.00. The number of carbonyl (C=O) groups excluding carboxylic acids is 1. The molecule has 0 aliphatic carbocycles. The summed E-state index contributed by atoms with van der Waals surface area (Å²) in [5.41, 5.74) is 1.71. The van der Waals surface area contributed by atoms with Crippen LogP contribution in [0, 0.1) is 0 Å². The van der Waals surface area contributed by atoms with Crippen LogP contribution in [0.2, 0.25) is 0 Å². The van der Waals surface area contributed by atoms with Gasteiger partial charge in [0.05, 0.1) is 18.8 Å². The topological polar surface area (TPSA) is 70.6 Å². The van der Waals surface area contributed by atoms with Crippen molar-refractivity contribution in [2.45, 2.75) is 18.9 Å². The first-order chi connectivity index (χ1) is 13.3. The zero-order valence-corrected chi connectivity index (χ0v) is 15.4. The molecule has 1 aromatic carbocycles. The lowest BCUT2D eigenvalue weighted by molar-refractivity contribution is 0.0931. The van der Waals surface area contributed by atoms with Crippen LogP contribution in [0.25, 0.3) is 0 Å². The molecule has 2 fully saturated rings. The van der Waals surface area contributed by atoms with Crippen molar-refractivity contribution >= 4 is 17.5 Å². The number of benzene rings is 1. The Kier molecular flexibility index (Phi) is 5.48. The first kappa shape index (κ1) is 17.7. The van der Waals surface area contributed by atoms with E-state index in [1.807, 2.05) is 30.3 Å². The lowest BCUT2D eigenvalue weighted by Crippen LogP contribution is -2.48. The molecule has 2 aliphatic rings. The van der Waals surface area contributed by atoms with Crippen molar-refractivity contribution in [1.82, 2.24) is 15.3 Å². The summed E-state index contributed by atoms with van der Waals surface area (Å²) in [6.45, 7) is 4.67. The van der Waals surface area contributed by atoms with Crippen LogP contribution in [-0.4, -0.2) is 61.3 Å². The monoisotopic (exact) mass is 367 g/mol. The summed E-state index contributed by atoms with van der Waals surface area (Å²) in [6, 6.07) is 9.73. The van der Waals surface area contributed by atoms with Crippen molar-refractivity contribution in [2.75, 3.05) is 49.2 Å². The van der Waals surface area contributed by atoms with Crippen molar-refractivity contribution in [3.8, 4) is 0 Å². The number of nitrogens with zero attached hydrogens (tertiary/aromatic N) is 4. The zero-order valence-electron chi connectivity index (χ0n) is 15.4. The standard InChI is InChI=1S/C20H25N5O2/c26-19(17-6-1-2-7-18(17)24-11-13-27-14-12-24)23-16-5-3-10-25(15-16)20-21-8-4-9-22-20/h1-2,4,6-9,16H,3,5,10-15H2,(H,23,26)/t16-/m0/s1. The van der Waals surface area contributed by atoms with Crippen molar-refractivity contribution in [3.05, 3.63) is 48.3 Å².